The summed E-state index contributed by atoms with van der Waals surface area (Å²) in [5.74, 6) is 1.31. The number of sulfonamides is 1. The molecule has 0 aliphatic heterocycles. The van der Waals surface area contributed by atoms with Gasteiger partial charge >= 0.3 is 0 Å². The van der Waals surface area contributed by atoms with Gasteiger partial charge in [-0.05, 0) is 48.4 Å². The summed E-state index contributed by atoms with van der Waals surface area (Å²) in [6, 6.07) is 9.85. The second kappa shape index (κ2) is 9.62. The third kappa shape index (κ3) is 5.39. The Bertz CT molecular complexity index is 975. The number of likely N-dealkylation sites (N-methyl/N-ethyl adjacent to an activating group) is 1. The second-order valence-corrected chi connectivity index (χ2v) is 8.40. The quantitative estimate of drug-likeness (QED) is 0.664. The van der Waals surface area contributed by atoms with Gasteiger partial charge in [-0.2, -0.15) is 4.31 Å². The van der Waals surface area contributed by atoms with Crippen molar-refractivity contribution in [2.75, 3.05) is 34.9 Å². The summed E-state index contributed by atoms with van der Waals surface area (Å²) in [7, 11) is 2.15. The molecule has 2 rings (SSSR count). The smallest absolute Gasteiger partial charge is 0.243 e. The Hall–Kier alpha value is -2.78. The first-order valence-electron chi connectivity index (χ1n) is 8.81. The van der Waals surface area contributed by atoms with Gasteiger partial charge in [-0.25, -0.2) is 8.42 Å². The number of nitrogens with zero attached hydrogens (tertiary/aromatic N) is 1. The Labute approximate surface area is 171 Å². The summed E-state index contributed by atoms with van der Waals surface area (Å²) in [6.45, 7) is 1.68. The molecule has 0 aliphatic carbocycles. The molecule has 0 fully saturated rings. The monoisotopic (exact) mass is 422 g/mol. The highest BCUT2D eigenvalue weighted by molar-refractivity contribution is 7.89. The highest BCUT2D eigenvalue weighted by atomic mass is 32.2. The van der Waals surface area contributed by atoms with Gasteiger partial charge in [-0.15, -0.1) is 0 Å². The van der Waals surface area contributed by atoms with Gasteiger partial charge in [-0.1, -0.05) is 6.07 Å². The largest absolute Gasteiger partial charge is 0.496 e. The van der Waals surface area contributed by atoms with Gasteiger partial charge in [0.2, 0.25) is 15.9 Å². The minimum Gasteiger partial charge on any atom is -0.496 e. The molecule has 0 radical (unpaired) electrons. The number of carbonyl (C=O) groups excluding carboxylic acids is 1. The van der Waals surface area contributed by atoms with Crippen molar-refractivity contribution in [2.45, 2.75) is 18.4 Å². The minimum atomic E-state index is -3.80. The van der Waals surface area contributed by atoms with E-state index < -0.39 is 15.9 Å². The molecule has 158 valence electrons. The molecular weight excluding hydrogens is 396 g/mol. The van der Waals surface area contributed by atoms with Crippen LogP contribution in [0.3, 0.4) is 0 Å². The molecule has 29 heavy (non-hydrogen) atoms. The molecule has 0 aromatic heterocycles. The molecule has 9 heteroatoms. The highest BCUT2D eigenvalue weighted by Crippen LogP contribution is 2.27. The summed E-state index contributed by atoms with van der Waals surface area (Å²) < 4.78 is 42.0. The molecule has 2 aromatic carbocycles. The third-order valence-electron chi connectivity index (χ3n) is 4.38. The van der Waals surface area contributed by atoms with Gasteiger partial charge < -0.3 is 19.5 Å². The van der Waals surface area contributed by atoms with Crippen LogP contribution in [0, 0.1) is 6.92 Å². The predicted octanol–water partition coefficient (Wildman–Crippen LogP) is 1.96. The first-order chi connectivity index (χ1) is 13.7. The number of rotatable bonds is 9. The van der Waals surface area contributed by atoms with E-state index in [9.17, 15) is 13.2 Å². The number of benzene rings is 2. The van der Waals surface area contributed by atoms with Gasteiger partial charge in [0.05, 0.1) is 32.8 Å². The summed E-state index contributed by atoms with van der Waals surface area (Å²) in [5, 5.41) is 2.71. The topological polar surface area (TPSA) is 94.2 Å². The SMILES string of the molecule is COc1ccc(S(=O)(=O)N(C)CC(=O)NCc2ccc(OC)c(OC)c2)cc1C. The summed E-state index contributed by atoms with van der Waals surface area (Å²) in [4.78, 5) is 12.4. The molecule has 1 amide bonds. The fraction of sp³-hybridized carbons (Fsp3) is 0.350. The number of carbonyl (C=O) groups is 1. The van der Waals surface area contributed by atoms with Crippen LogP contribution in [0.1, 0.15) is 11.1 Å². The molecule has 0 atom stereocenters. The van der Waals surface area contributed by atoms with Crippen molar-refractivity contribution in [2.24, 2.45) is 0 Å². The molecule has 2 aromatic rings. The fourth-order valence-electron chi connectivity index (χ4n) is 2.73. The number of amides is 1. The summed E-state index contributed by atoms with van der Waals surface area (Å²) >= 11 is 0. The predicted molar refractivity (Wildman–Crippen MR) is 109 cm³/mol. The summed E-state index contributed by atoms with van der Waals surface area (Å²) in [6.07, 6.45) is 0. The van der Waals surface area contributed by atoms with Crippen molar-refractivity contribution < 1.29 is 27.4 Å². The maximum absolute atomic E-state index is 12.7. The molecule has 0 bridgehead atoms. The van der Waals surface area contributed by atoms with E-state index in [1.54, 1.807) is 38.3 Å². The van der Waals surface area contributed by atoms with Crippen LogP contribution >= 0.6 is 0 Å². The third-order valence-corrected chi connectivity index (χ3v) is 6.18. The van der Waals surface area contributed by atoms with E-state index in [4.69, 9.17) is 14.2 Å². The number of nitrogens with one attached hydrogen (secondary N) is 1. The number of ether oxygens (including phenoxy) is 3. The lowest BCUT2D eigenvalue weighted by Gasteiger charge is -2.18. The van der Waals surface area contributed by atoms with E-state index in [1.165, 1.54) is 33.4 Å². The molecule has 1 N–H and O–H groups in total. The molecule has 0 aliphatic rings. The highest BCUT2D eigenvalue weighted by Gasteiger charge is 2.23. The van der Waals surface area contributed by atoms with Crippen LogP contribution in [0.4, 0.5) is 0 Å². The van der Waals surface area contributed by atoms with E-state index in [2.05, 4.69) is 5.32 Å². The second-order valence-electron chi connectivity index (χ2n) is 6.36. The average Bonchev–Trinajstić information content (AvgIpc) is 2.71. The van der Waals surface area contributed by atoms with Crippen LogP contribution in [-0.4, -0.2) is 53.6 Å². The van der Waals surface area contributed by atoms with Crippen LogP contribution in [0.25, 0.3) is 0 Å². The van der Waals surface area contributed by atoms with E-state index >= 15 is 0 Å². The van der Waals surface area contributed by atoms with Crippen molar-refractivity contribution in [1.82, 2.24) is 9.62 Å². The van der Waals surface area contributed by atoms with Gasteiger partial charge in [0.1, 0.15) is 5.75 Å². The molecule has 0 saturated heterocycles. The van der Waals surface area contributed by atoms with Crippen LogP contribution in [0.15, 0.2) is 41.3 Å². The first kappa shape index (κ1) is 22.5. The molecule has 8 nitrogen and oxygen atoms in total. The maximum atomic E-state index is 12.7. The van der Waals surface area contributed by atoms with Gasteiger partial charge in [0.15, 0.2) is 11.5 Å². The lowest BCUT2D eigenvalue weighted by atomic mass is 10.2. The van der Waals surface area contributed by atoms with Crippen molar-refractivity contribution in [3.63, 3.8) is 0 Å². The maximum Gasteiger partial charge on any atom is 0.243 e. The van der Waals surface area contributed by atoms with Crippen molar-refractivity contribution in [3.05, 3.63) is 47.5 Å². The van der Waals surface area contributed by atoms with Gasteiger partial charge in [-0.3, -0.25) is 4.79 Å². The lowest BCUT2D eigenvalue weighted by molar-refractivity contribution is -0.121. The van der Waals surface area contributed by atoms with E-state index in [-0.39, 0.29) is 18.0 Å². The number of methoxy groups -OCH3 is 3. The number of aryl methyl sites for hydroxylation is 1. The molecule has 0 unspecified atom stereocenters. The Morgan fingerprint density at radius 1 is 0.966 bits per heavy atom. The van der Waals surface area contributed by atoms with Crippen molar-refractivity contribution in [1.29, 1.82) is 0 Å². The lowest BCUT2D eigenvalue weighted by Crippen LogP contribution is -2.38. The Kier molecular flexibility index (Phi) is 7.46. The Morgan fingerprint density at radius 2 is 1.59 bits per heavy atom. The van der Waals surface area contributed by atoms with Crippen LogP contribution in [0.2, 0.25) is 0 Å². The van der Waals surface area contributed by atoms with E-state index in [0.717, 1.165) is 9.87 Å². The van der Waals surface area contributed by atoms with Gasteiger partial charge in [0, 0.05) is 13.6 Å². The van der Waals surface area contributed by atoms with Crippen LogP contribution in [-0.2, 0) is 21.4 Å². The number of hydrogen-bond acceptors (Lipinski definition) is 6. The van der Waals surface area contributed by atoms with Gasteiger partial charge in [0.25, 0.3) is 0 Å². The fourth-order valence-corrected chi connectivity index (χ4v) is 3.94. The first-order valence-corrected chi connectivity index (χ1v) is 10.3. The molecule has 0 heterocycles. The normalized spacial score (nSPS) is 11.2. The zero-order valence-electron chi connectivity index (χ0n) is 17.2. The Morgan fingerprint density at radius 3 is 2.17 bits per heavy atom. The van der Waals surface area contributed by atoms with Crippen molar-refractivity contribution in [3.8, 4) is 17.2 Å². The number of hydrogen-bond donors (Lipinski definition) is 1. The average molecular weight is 423 g/mol. The minimum absolute atomic E-state index is 0.103. The Balaban J connectivity index is 2.02. The summed E-state index contributed by atoms with van der Waals surface area (Å²) in [5.41, 5.74) is 1.49. The molecular formula is C20H26N2O6S. The van der Waals surface area contributed by atoms with Crippen molar-refractivity contribution >= 4 is 15.9 Å². The van der Waals surface area contributed by atoms with E-state index in [0.29, 0.717) is 22.8 Å². The standard InChI is InChI=1S/C20H26N2O6S/c1-14-10-16(7-9-17(14)26-3)29(24,25)22(2)13-20(23)21-12-15-6-8-18(27-4)19(11-15)28-5/h6-11H,12-13H2,1-5H3,(H,21,23). The zero-order chi connectivity index (χ0) is 21.6. The molecule has 0 spiro atoms. The van der Waals surface area contributed by atoms with Crippen LogP contribution in [0.5, 0.6) is 17.2 Å². The van der Waals surface area contributed by atoms with Crippen LogP contribution < -0.4 is 19.5 Å². The molecule has 0 saturated carbocycles. The van der Waals surface area contributed by atoms with E-state index in [1.807, 2.05) is 0 Å². The zero-order valence-corrected chi connectivity index (χ0v) is 18.0.